The number of hydrogen-bond acceptors (Lipinski definition) is 4. The molecule has 0 unspecified atom stereocenters. The molecule has 4 nitrogen and oxygen atoms in total. The van der Waals surface area contributed by atoms with Gasteiger partial charge in [-0.3, -0.25) is 0 Å². The first-order chi connectivity index (χ1) is 11.2. The zero-order chi connectivity index (χ0) is 15.8. The number of nitrogens with one attached hydrogen (secondary N) is 1. The summed E-state index contributed by atoms with van der Waals surface area (Å²) in [5.41, 5.74) is 2.89. The quantitative estimate of drug-likeness (QED) is 0.934. The van der Waals surface area contributed by atoms with Gasteiger partial charge in [-0.1, -0.05) is 24.3 Å². The number of fused-ring (bicyclic) bond motifs is 1. The second kappa shape index (κ2) is 5.84. The molecular weight excluding hydrogens is 284 g/mol. The van der Waals surface area contributed by atoms with Crippen molar-refractivity contribution in [1.82, 2.24) is 9.97 Å². The van der Waals surface area contributed by atoms with E-state index in [1.807, 2.05) is 0 Å². The van der Waals surface area contributed by atoms with Gasteiger partial charge in [0, 0.05) is 31.1 Å². The Morgan fingerprint density at radius 1 is 1.13 bits per heavy atom. The third-order valence-corrected chi connectivity index (χ3v) is 4.56. The van der Waals surface area contributed by atoms with Gasteiger partial charge < -0.3 is 10.2 Å². The smallest absolute Gasteiger partial charge is 0.136 e. The summed E-state index contributed by atoms with van der Waals surface area (Å²) >= 11 is 0. The zero-order valence-electron chi connectivity index (χ0n) is 13.9. The first-order valence-electron chi connectivity index (χ1n) is 8.66. The molecule has 0 amide bonds. The minimum Gasteiger partial charge on any atom is -0.368 e. The van der Waals surface area contributed by atoms with E-state index >= 15 is 0 Å². The predicted molar refractivity (Wildman–Crippen MR) is 94.0 cm³/mol. The molecule has 1 saturated carbocycles. The van der Waals surface area contributed by atoms with Crippen molar-refractivity contribution in [3.05, 3.63) is 47.3 Å². The summed E-state index contributed by atoms with van der Waals surface area (Å²) in [6.45, 7) is 6.27. The molecule has 0 atom stereocenters. The maximum absolute atomic E-state index is 4.87. The molecule has 2 aliphatic rings. The van der Waals surface area contributed by atoms with Crippen molar-refractivity contribution in [2.75, 3.05) is 16.8 Å². The summed E-state index contributed by atoms with van der Waals surface area (Å²) in [7, 11) is 0. The number of rotatable bonds is 4. The largest absolute Gasteiger partial charge is 0.368 e. The number of nitrogens with zero attached hydrogens (tertiary/aromatic N) is 3. The molecule has 4 rings (SSSR count). The molecule has 1 aliphatic heterocycles. The van der Waals surface area contributed by atoms with Gasteiger partial charge in [0.2, 0.25) is 0 Å². The summed E-state index contributed by atoms with van der Waals surface area (Å²) in [5, 5.41) is 3.45. The van der Waals surface area contributed by atoms with Gasteiger partial charge in [0.15, 0.2) is 0 Å². The Labute approximate surface area is 138 Å². The van der Waals surface area contributed by atoms with Crippen LogP contribution in [0.25, 0.3) is 0 Å². The Bertz CT molecular complexity index is 706. The SMILES string of the molecule is CC(C)Nc1cc(N2CCc3ccccc3C2)nc(C2CC2)n1. The van der Waals surface area contributed by atoms with Gasteiger partial charge in [-0.05, 0) is 44.2 Å². The molecule has 0 spiro atoms. The Hall–Kier alpha value is -2.10. The van der Waals surface area contributed by atoms with Crippen molar-refractivity contribution in [3.63, 3.8) is 0 Å². The van der Waals surface area contributed by atoms with Crippen LogP contribution in [0, 0.1) is 0 Å². The van der Waals surface area contributed by atoms with Crippen molar-refractivity contribution in [3.8, 4) is 0 Å². The van der Waals surface area contributed by atoms with E-state index in [0.29, 0.717) is 12.0 Å². The second-order valence-corrected chi connectivity index (χ2v) is 6.98. The summed E-state index contributed by atoms with van der Waals surface area (Å²) in [5.74, 6) is 3.62. The topological polar surface area (TPSA) is 41.0 Å². The molecule has 0 bridgehead atoms. The van der Waals surface area contributed by atoms with Crippen LogP contribution < -0.4 is 10.2 Å². The van der Waals surface area contributed by atoms with E-state index in [9.17, 15) is 0 Å². The van der Waals surface area contributed by atoms with Gasteiger partial charge in [-0.15, -0.1) is 0 Å². The van der Waals surface area contributed by atoms with Gasteiger partial charge in [-0.25, -0.2) is 9.97 Å². The monoisotopic (exact) mass is 308 g/mol. The third-order valence-electron chi connectivity index (χ3n) is 4.56. The lowest BCUT2D eigenvalue weighted by molar-refractivity contribution is 0.713. The normalized spacial score (nSPS) is 17.3. The Morgan fingerprint density at radius 3 is 2.65 bits per heavy atom. The van der Waals surface area contributed by atoms with Crippen LogP contribution in [0.5, 0.6) is 0 Å². The number of benzene rings is 1. The van der Waals surface area contributed by atoms with Crippen molar-refractivity contribution in [2.24, 2.45) is 0 Å². The van der Waals surface area contributed by atoms with Crippen molar-refractivity contribution in [1.29, 1.82) is 0 Å². The van der Waals surface area contributed by atoms with Crippen LogP contribution in [0.3, 0.4) is 0 Å². The summed E-state index contributed by atoms with van der Waals surface area (Å²) in [6.07, 6.45) is 3.55. The van der Waals surface area contributed by atoms with E-state index in [0.717, 1.165) is 37.0 Å². The maximum Gasteiger partial charge on any atom is 0.136 e. The molecule has 2 heterocycles. The van der Waals surface area contributed by atoms with Crippen LogP contribution in [-0.2, 0) is 13.0 Å². The van der Waals surface area contributed by atoms with Crippen LogP contribution in [0.15, 0.2) is 30.3 Å². The van der Waals surface area contributed by atoms with Gasteiger partial charge in [0.1, 0.15) is 17.5 Å². The molecule has 0 saturated heterocycles. The highest BCUT2D eigenvalue weighted by molar-refractivity contribution is 5.52. The highest BCUT2D eigenvalue weighted by Crippen LogP contribution is 2.39. The van der Waals surface area contributed by atoms with Gasteiger partial charge in [-0.2, -0.15) is 0 Å². The van der Waals surface area contributed by atoms with E-state index in [2.05, 4.69) is 54.4 Å². The molecule has 1 fully saturated rings. The molecule has 1 aromatic heterocycles. The molecule has 1 N–H and O–H groups in total. The second-order valence-electron chi connectivity index (χ2n) is 6.98. The first kappa shape index (κ1) is 14.5. The molecule has 1 aliphatic carbocycles. The summed E-state index contributed by atoms with van der Waals surface area (Å²) < 4.78 is 0. The molecule has 1 aromatic carbocycles. The van der Waals surface area contributed by atoms with E-state index in [1.54, 1.807) is 0 Å². The van der Waals surface area contributed by atoms with Crippen LogP contribution in [0.2, 0.25) is 0 Å². The third kappa shape index (κ3) is 3.16. The molecular formula is C19H24N4. The average molecular weight is 308 g/mol. The van der Waals surface area contributed by atoms with Crippen molar-refractivity contribution >= 4 is 11.6 Å². The van der Waals surface area contributed by atoms with Gasteiger partial charge in [0.25, 0.3) is 0 Å². The summed E-state index contributed by atoms with van der Waals surface area (Å²) in [4.78, 5) is 12.0. The van der Waals surface area contributed by atoms with Crippen LogP contribution in [0.4, 0.5) is 11.6 Å². The lowest BCUT2D eigenvalue weighted by Gasteiger charge is -2.30. The number of aromatic nitrogens is 2. The molecule has 23 heavy (non-hydrogen) atoms. The molecule has 2 aromatic rings. The maximum atomic E-state index is 4.87. The fourth-order valence-corrected chi connectivity index (χ4v) is 3.20. The minimum atomic E-state index is 0.381. The molecule has 4 heteroatoms. The Morgan fingerprint density at radius 2 is 1.91 bits per heavy atom. The number of hydrogen-bond donors (Lipinski definition) is 1. The standard InChI is InChI=1S/C19H24N4/c1-13(2)20-17-11-18(22-19(21-17)15-7-8-15)23-10-9-14-5-3-4-6-16(14)12-23/h3-6,11,13,15H,7-10,12H2,1-2H3,(H,20,21,22). The highest BCUT2D eigenvalue weighted by atomic mass is 15.2. The van der Waals surface area contributed by atoms with E-state index in [4.69, 9.17) is 9.97 Å². The fraction of sp³-hybridized carbons (Fsp3) is 0.474. The fourth-order valence-electron chi connectivity index (χ4n) is 3.20. The van der Waals surface area contributed by atoms with E-state index in [-0.39, 0.29) is 0 Å². The average Bonchev–Trinajstić information content (AvgIpc) is 3.38. The minimum absolute atomic E-state index is 0.381. The van der Waals surface area contributed by atoms with Gasteiger partial charge in [0.05, 0.1) is 0 Å². The van der Waals surface area contributed by atoms with Crippen LogP contribution >= 0.6 is 0 Å². The molecule has 120 valence electrons. The number of anilines is 2. The van der Waals surface area contributed by atoms with Crippen molar-refractivity contribution < 1.29 is 0 Å². The molecule has 0 radical (unpaired) electrons. The predicted octanol–water partition coefficient (Wildman–Crippen LogP) is 3.74. The highest BCUT2D eigenvalue weighted by Gasteiger charge is 2.28. The zero-order valence-corrected chi connectivity index (χ0v) is 13.9. The Kier molecular flexibility index (Phi) is 3.68. The summed E-state index contributed by atoms with van der Waals surface area (Å²) in [6, 6.07) is 11.2. The van der Waals surface area contributed by atoms with Crippen molar-refractivity contribution in [2.45, 2.75) is 51.6 Å². The lowest BCUT2D eigenvalue weighted by atomic mass is 10.00. The Balaban J connectivity index is 1.64. The van der Waals surface area contributed by atoms with Gasteiger partial charge >= 0.3 is 0 Å². The van der Waals surface area contributed by atoms with E-state index in [1.165, 1.54) is 24.0 Å². The van der Waals surface area contributed by atoms with E-state index < -0.39 is 0 Å². The van der Waals surface area contributed by atoms with Crippen LogP contribution in [-0.4, -0.2) is 22.6 Å². The first-order valence-corrected chi connectivity index (χ1v) is 8.66. The lowest BCUT2D eigenvalue weighted by Crippen LogP contribution is -2.31. The van der Waals surface area contributed by atoms with Crippen LogP contribution in [0.1, 0.15) is 49.6 Å².